The van der Waals surface area contributed by atoms with Crippen LogP contribution in [0.3, 0.4) is 0 Å². The minimum Gasteiger partial charge on any atom is -0.490 e. The van der Waals surface area contributed by atoms with E-state index in [0.29, 0.717) is 19.0 Å². The minimum atomic E-state index is -0.943. The first kappa shape index (κ1) is 15.4. The van der Waals surface area contributed by atoms with Crippen LogP contribution in [0.4, 0.5) is 0 Å². The Hall–Kier alpha value is -2.01. The van der Waals surface area contributed by atoms with Gasteiger partial charge in [0, 0.05) is 4.88 Å². The third-order valence-electron chi connectivity index (χ3n) is 2.79. The van der Waals surface area contributed by atoms with Gasteiger partial charge in [-0.1, -0.05) is 31.5 Å². The zero-order valence-corrected chi connectivity index (χ0v) is 12.7. The van der Waals surface area contributed by atoms with Crippen LogP contribution in [-0.4, -0.2) is 24.3 Å². The molecule has 1 aromatic carbocycles. The van der Waals surface area contributed by atoms with Crippen molar-refractivity contribution in [3.63, 3.8) is 0 Å². The van der Waals surface area contributed by atoms with Crippen LogP contribution in [0, 0.1) is 0 Å². The van der Waals surface area contributed by atoms with Crippen molar-refractivity contribution in [2.75, 3.05) is 13.2 Å². The van der Waals surface area contributed by atoms with Crippen molar-refractivity contribution in [2.45, 2.75) is 19.8 Å². The molecule has 2 aromatic rings. The fraction of sp³-hybridized carbons (Fsp3) is 0.312. The Labute approximate surface area is 128 Å². The van der Waals surface area contributed by atoms with Crippen LogP contribution in [0.2, 0.25) is 0 Å². The fourth-order valence-electron chi connectivity index (χ4n) is 1.88. The van der Waals surface area contributed by atoms with E-state index in [1.807, 2.05) is 36.4 Å². The highest BCUT2D eigenvalue weighted by Gasteiger charge is 2.16. The van der Waals surface area contributed by atoms with Crippen LogP contribution in [0.5, 0.6) is 11.5 Å². The molecule has 112 valence electrons. The van der Waals surface area contributed by atoms with Crippen LogP contribution in [0.1, 0.15) is 27.9 Å². The van der Waals surface area contributed by atoms with E-state index in [1.54, 1.807) is 0 Å². The Morgan fingerprint density at radius 1 is 1.19 bits per heavy atom. The molecule has 0 atom stereocenters. The molecule has 0 radical (unpaired) electrons. The molecule has 0 unspecified atom stereocenters. The number of para-hydroxylation sites is 1. The topological polar surface area (TPSA) is 55.8 Å². The van der Waals surface area contributed by atoms with Gasteiger partial charge in [-0.25, -0.2) is 4.79 Å². The van der Waals surface area contributed by atoms with Crippen LogP contribution in [0.25, 0.3) is 0 Å². The van der Waals surface area contributed by atoms with Gasteiger partial charge in [-0.3, -0.25) is 0 Å². The van der Waals surface area contributed by atoms with Gasteiger partial charge < -0.3 is 14.6 Å². The number of hydrogen-bond donors (Lipinski definition) is 1. The molecule has 1 aromatic heterocycles. The van der Waals surface area contributed by atoms with Gasteiger partial charge in [0.05, 0.1) is 0 Å². The van der Waals surface area contributed by atoms with Gasteiger partial charge in [0.1, 0.15) is 24.7 Å². The minimum absolute atomic E-state index is 0.262. The number of aromatic carboxylic acids is 1. The van der Waals surface area contributed by atoms with Crippen molar-refractivity contribution in [1.82, 2.24) is 0 Å². The number of benzene rings is 1. The molecule has 0 spiro atoms. The van der Waals surface area contributed by atoms with Crippen LogP contribution in [0.15, 0.2) is 36.4 Å². The van der Waals surface area contributed by atoms with E-state index in [9.17, 15) is 9.90 Å². The van der Waals surface area contributed by atoms with Crippen molar-refractivity contribution in [3.8, 4) is 11.5 Å². The highest BCUT2D eigenvalue weighted by Crippen LogP contribution is 2.30. The van der Waals surface area contributed by atoms with Gasteiger partial charge in [-0.05, 0) is 24.6 Å². The fourth-order valence-corrected chi connectivity index (χ4v) is 2.92. The average Bonchev–Trinajstić information content (AvgIpc) is 2.88. The average molecular weight is 306 g/mol. The number of ether oxygens (including phenoxy) is 2. The molecule has 4 nitrogen and oxygen atoms in total. The molecule has 0 saturated carbocycles. The molecule has 1 N–H and O–H groups in total. The van der Waals surface area contributed by atoms with E-state index in [1.165, 1.54) is 11.3 Å². The monoisotopic (exact) mass is 306 g/mol. The second-order valence-electron chi connectivity index (χ2n) is 4.47. The second kappa shape index (κ2) is 7.69. The molecular formula is C16H18O4S. The Balaban J connectivity index is 1.88. The summed E-state index contributed by atoms with van der Waals surface area (Å²) in [5.74, 6) is 0.269. The molecule has 0 aliphatic heterocycles. The molecule has 5 heteroatoms. The second-order valence-corrected chi connectivity index (χ2v) is 5.61. The molecule has 1 heterocycles. The predicted molar refractivity (Wildman–Crippen MR) is 82.7 cm³/mol. The van der Waals surface area contributed by atoms with Crippen LogP contribution < -0.4 is 9.47 Å². The normalized spacial score (nSPS) is 10.3. The molecule has 0 saturated heterocycles. The van der Waals surface area contributed by atoms with Crippen LogP contribution >= 0.6 is 11.3 Å². The SMILES string of the molecule is CCCc1cc(OCCOc2ccccc2)c(C(=O)O)s1. The molecular weight excluding hydrogens is 288 g/mol. The largest absolute Gasteiger partial charge is 0.490 e. The summed E-state index contributed by atoms with van der Waals surface area (Å²) < 4.78 is 11.1. The first-order valence-corrected chi connectivity index (χ1v) is 7.69. The van der Waals surface area contributed by atoms with Crippen molar-refractivity contribution in [1.29, 1.82) is 0 Å². The first-order valence-electron chi connectivity index (χ1n) is 6.87. The van der Waals surface area contributed by atoms with E-state index in [2.05, 4.69) is 6.92 Å². The quantitative estimate of drug-likeness (QED) is 0.752. The van der Waals surface area contributed by atoms with Gasteiger partial charge in [0.2, 0.25) is 0 Å². The van der Waals surface area contributed by atoms with E-state index >= 15 is 0 Å². The van der Waals surface area contributed by atoms with E-state index in [0.717, 1.165) is 23.5 Å². The lowest BCUT2D eigenvalue weighted by atomic mass is 10.3. The summed E-state index contributed by atoms with van der Waals surface area (Å²) in [6.45, 7) is 2.76. The first-order chi connectivity index (χ1) is 10.2. The van der Waals surface area contributed by atoms with Crippen molar-refractivity contribution >= 4 is 17.3 Å². The Morgan fingerprint density at radius 2 is 1.90 bits per heavy atom. The summed E-state index contributed by atoms with van der Waals surface area (Å²) in [6.07, 6.45) is 1.85. The maximum Gasteiger partial charge on any atom is 0.349 e. The number of aryl methyl sites for hydroxylation is 1. The van der Waals surface area contributed by atoms with Gasteiger partial charge in [0.25, 0.3) is 0 Å². The van der Waals surface area contributed by atoms with Gasteiger partial charge in [0.15, 0.2) is 4.88 Å². The number of carboxylic acids is 1. The van der Waals surface area contributed by atoms with Gasteiger partial charge >= 0.3 is 5.97 Å². The zero-order valence-electron chi connectivity index (χ0n) is 11.9. The maximum atomic E-state index is 11.2. The standard InChI is InChI=1S/C16H18O4S/c1-2-6-13-11-14(15(21-13)16(17)18)20-10-9-19-12-7-4-3-5-8-12/h3-5,7-8,11H,2,6,9-10H2,1H3,(H,17,18). The lowest BCUT2D eigenvalue weighted by molar-refractivity contribution is 0.0697. The highest BCUT2D eigenvalue weighted by molar-refractivity contribution is 7.14. The Bertz CT molecular complexity index is 577. The van der Waals surface area contributed by atoms with Crippen molar-refractivity contribution < 1.29 is 19.4 Å². The van der Waals surface area contributed by atoms with E-state index in [-0.39, 0.29) is 4.88 Å². The lowest BCUT2D eigenvalue weighted by Gasteiger charge is -2.07. The molecule has 0 aliphatic carbocycles. The summed E-state index contributed by atoms with van der Waals surface area (Å²) in [5.41, 5.74) is 0. The number of thiophene rings is 1. The molecule has 21 heavy (non-hydrogen) atoms. The molecule has 0 aliphatic rings. The molecule has 0 amide bonds. The van der Waals surface area contributed by atoms with Gasteiger partial charge in [-0.15, -0.1) is 11.3 Å². The molecule has 2 rings (SSSR count). The summed E-state index contributed by atoms with van der Waals surface area (Å²) >= 11 is 1.28. The number of carboxylic acid groups (broad SMARTS) is 1. The number of hydrogen-bond acceptors (Lipinski definition) is 4. The third-order valence-corrected chi connectivity index (χ3v) is 3.96. The number of rotatable bonds is 8. The van der Waals surface area contributed by atoms with Crippen molar-refractivity contribution in [2.24, 2.45) is 0 Å². The van der Waals surface area contributed by atoms with Crippen LogP contribution in [-0.2, 0) is 6.42 Å². The smallest absolute Gasteiger partial charge is 0.349 e. The molecule has 0 fully saturated rings. The molecule has 0 bridgehead atoms. The number of carbonyl (C=O) groups is 1. The summed E-state index contributed by atoms with van der Waals surface area (Å²) in [5, 5.41) is 9.18. The summed E-state index contributed by atoms with van der Waals surface area (Å²) in [7, 11) is 0. The maximum absolute atomic E-state index is 11.2. The Morgan fingerprint density at radius 3 is 2.57 bits per heavy atom. The highest BCUT2D eigenvalue weighted by atomic mass is 32.1. The third kappa shape index (κ3) is 4.49. The van der Waals surface area contributed by atoms with E-state index in [4.69, 9.17) is 9.47 Å². The zero-order chi connectivity index (χ0) is 15.1. The lowest BCUT2D eigenvalue weighted by Crippen LogP contribution is -2.10. The van der Waals surface area contributed by atoms with E-state index < -0.39 is 5.97 Å². The summed E-state index contributed by atoms with van der Waals surface area (Å²) in [4.78, 5) is 12.5. The Kier molecular flexibility index (Phi) is 5.63. The summed E-state index contributed by atoms with van der Waals surface area (Å²) in [6, 6.07) is 11.3. The predicted octanol–water partition coefficient (Wildman–Crippen LogP) is 3.86. The van der Waals surface area contributed by atoms with Crippen molar-refractivity contribution in [3.05, 3.63) is 46.2 Å². The van der Waals surface area contributed by atoms with Gasteiger partial charge in [-0.2, -0.15) is 0 Å².